The molecule has 0 saturated heterocycles. The van der Waals surface area contributed by atoms with E-state index in [1.807, 2.05) is 40.9 Å². The van der Waals surface area contributed by atoms with E-state index >= 15 is 0 Å². The predicted molar refractivity (Wildman–Crippen MR) is 158 cm³/mol. The van der Waals surface area contributed by atoms with Gasteiger partial charge in [0, 0.05) is 18.0 Å². The Bertz CT molecular complexity index is 1260. The van der Waals surface area contributed by atoms with Gasteiger partial charge in [0.25, 0.3) is 0 Å². The van der Waals surface area contributed by atoms with Crippen molar-refractivity contribution < 1.29 is 18.8 Å². The molecule has 3 aromatic rings. The third-order valence-electron chi connectivity index (χ3n) is 6.73. The van der Waals surface area contributed by atoms with E-state index in [4.69, 9.17) is 9.26 Å². The number of nitrogens with one attached hydrogen (secondary N) is 2. The van der Waals surface area contributed by atoms with Gasteiger partial charge in [-0.15, -0.1) is 11.8 Å². The number of H-pyrrole nitrogens is 1. The Morgan fingerprint density at radius 1 is 1.18 bits per heavy atom. The summed E-state index contributed by atoms with van der Waals surface area (Å²) >= 11 is 1.54. The van der Waals surface area contributed by atoms with Crippen LogP contribution in [0.3, 0.4) is 0 Å². The minimum atomic E-state index is -0.381. The number of ether oxygens (including phenoxy) is 1. The number of ketones is 1. The SMILES string of the molecule is CC.CC(C)(C)OC(=O)NC1CCC1.CCCCC(=O)C1CCCc2c(-c3nc(SC)c4cn[nH]c4n3)noc21. The number of alkyl carbamates (subject to hydrolysis) is 1. The zero-order chi connectivity index (χ0) is 29.3. The highest BCUT2D eigenvalue weighted by Crippen LogP contribution is 2.38. The fraction of sp³-hybridized carbons (Fsp3) is 0.655. The molecule has 2 aliphatic rings. The van der Waals surface area contributed by atoms with Crippen LogP contribution in [0.25, 0.3) is 22.6 Å². The minimum absolute atomic E-state index is 0.178. The Morgan fingerprint density at radius 3 is 2.55 bits per heavy atom. The molecule has 11 heteroatoms. The number of unbranched alkanes of at least 4 members (excludes halogenated alkanes) is 1. The Balaban J connectivity index is 0.000000265. The second-order valence-corrected chi connectivity index (χ2v) is 11.6. The zero-order valence-electron chi connectivity index (χ0n) is 24.9. The minimum Gasteiger partial charge on any atom is -0.444 e. The zero-order valence-corrected chi connectivity index (χ0v) is 25.7. The van der Waals surface area contributed by atoms with Crippen LogP contribution in [0.5, 0.6) is 0 Å². The molecular formula is C29H44N6O4S. The number of hydrogen-bond donors (Lipinski definition) is 2. The van der Waals surface area contributed by atoms with Gasteiger partial charge in [0.05, 0.1) is 17.5 Å². The van der Waals surface area contributed by atoms with Crippen LogP contribution in [0, 0.1) is 0 Å². The first-order valence-electron chi connectivity index (χ1n) is 14.5. The van der Waals surface area contributed by atoms with Gasteiger partial charge >= 0.3 is 6.09 Å². The van der Waals surface area contributed by atoms with E-state index in [0.717, 1.165) is 60.9 Å². The fourth-order valence-electron chi connectivity index (χ4n) is 4.56. The van der Waals surface area contributed by atoms with Gasteiger partial charge < -0.3 is 14.6 Å². The second-order valence-electron chi connectivity index (χ2n) is 10.9. The lowest BCUT2D eigenvalue weighted by molar-refractivity contribution is -0.121. The molecular weight excluding hydrogens is 528 g/mol. The van der Waals surface area contributed by atoms with Crippen molar-refractivity contribution in [2.75, 3.05) is 6.26 Å². The van der Waals surface area contributed by atoms with Gasteiger partial charge in [0.2, 0.25) is 0 Å². The fourth-order valence-corrected chi connectivity index (χ4v) is 5.10. The number of carbonyl (C=O) groups is 2. The maximum Gasteiger partial charge on any atom is 0.407 e. The largest absolute Gasteiger partial charge is 0.444 e. The molecule has 0 bridgehead atoms. The van der Waals surface area contributed by atoms with Crippen LogP contribution in [0.1, 0.15) is 110 Å². The number of rotatable bonds is 7. The van der Waals surface area contributed by atoms with Crippen molar-refractivity contribution in [3.8, 4) is 11.5 Å². The molecule has 5 rings (SSSR count). The Kier molecular flexibility index (Phi) is 11.5. The van der Waals surface area contributed by atoms with Gasteiger partial charge in [0.15, 0.2) is 22.9 Å². The summed E-state index contributed by atoms with van der Waals surface area (Å²) in [6, 6.07) is 0.361. The molecule has 2 N–H and O–H groups in total. The van der Waals surface area contributed by atoms with Crippen molar-refractivity contribution in [3.63, 3.8) is 0 Å². The molecule has 0 aromatic carbocycles. The van der Waals surface area contributed by atoms with E-state index in [1.165, 1.54) is 6.42 Å². The molecule has 40 heavy (non-hydrogen) atoms. The summed E-state index contributed by atoms with van der Waals surface area (Å²) in [4.78, 5) is 32.9. The van der Waals surface area contributed by atoms with E-state index in [0.29, 0.717) is 35.4 Å². The van der Waals surface area contributed by atoms with Crippen LogP contribution >= 0.6 is 11.8 Å². The molecule has 0 spiro atoms. The standard InChI is InChI=1S/C18H21N5O2S.C9H17NO2.C2H6/c1-3-4-8-13(24)10-6-5-7-11-14(23-25-15(10)11)17-20-16-12(9-19-22-16)18(21-17)26-2;1-9(2,3)12-8(11)10-7-5-4-6-7;1-2/h9-10H,3-8H2,1-2H3,(H,19,20,21,22);7H,4-6H2,1-3H3,(H,10,11);1-2H3. The van der Waals surface area contributed by atoms with Crippen LogP contribution in [-0.4, -0.2) is 55.1 Å². The highest BCUT2D eigenvalue weighted by atomic mass is 32.2. The van der Waals surface area contributed by atoms with Crippen LogP contribution in [-0.2, 0) is 16.0 Å². The van der Waals surface area contributed by atoms with Crippen LogP contribution in [0.2, 0.25) is 0 Å². The van der Waals surface area contributed by atoms with Gasteiger partial charge in [-0.05, 0) is 72.0 Å². The third-order valence-corrected chi connectivity index (χ3v) is 7.42. The number of fused-ring (bicyclic) bond motifs is 2. The molecule has 1 fully saturated rings. The number of aromatic nitrogens is 5. The lowest BCUT2D eigenvalue weighted by atomic mass is 9.83. The van der Waals surface area contributed by atoms with Gasteiger partial charge in [-0.25, -0.2) is 14.8 Å². The summed E-state index contributed by atoms with van der Waals surface area (Å²) in [5, 5.41) is 15.8. The van der Waals surface area contributed by atoms with Gasteiger partial charge in [0.1, 0.15) is 16.4 Å². The second kappa shape index (κ2) is 14.6. The van der Waals surface area contributed by atoms with Crippen LogP contribution in [0.4, 0.5) is 4.79 Å². The molecule has 3 aromatic heterocycles. The molecule has 0 radical (unpaired) electrons. The highest BCUT2D eigenvalue weighted by molar-refractivity contribution is 7.98. The van der Waals surface area contributed by atoms with Crippen LogP contribution in [0.15, 0.2) is 15.7 Å². The van der Waals surface area contributed by atoms with Crippen LogP contribution < -0.4 is 5.32 Å². The van der Waals surface area contributed by atoms with E-state index in [-0.39, 0.29) is 23.4 Å². The number of carbonyl (C=O) groups excluding carboxylic acids is 2. The average molecular weight is 573 g/mol. The van der Waals surface area contributed by atoms with E-state index in [9.17, 15) is 9.59 Å². The Labute approximate surface area is 241 Å². The lowest BCUT2D eigenvalue weighted by Gasteiger charge is -2.28. The number of thioether (sulfide) groups is 1. The molecule has 10 nitrogen and oxygen atoms in total. The number of amides is 1. The lowest BCUT2D eigenvalue weighted by Crippen LogP contribution is -2.42. The van der Waals surface area contributed by atoms with Gasteiger partial charge in [-0.1, -0.05) is 32.3 Å². The maximum absolute atomic E-state index is 12.6. The number of hydrogen-bond acceptors (Lipinski definition) is 9. The first-order chi connectivity index (χ1) is 19.2. The first-order valence-corrected chi connectivity index (χ1v) is 15.7. The van der Waals surface area contributed by atoms with Gasteiger partial charge in [-0.3, -0.25) is 9.89 Å². The topological polar surface area (TPSA) is 136 Å². The monoisotopic (exact) mass is 572 g/mol. The van der Waals surface area contributed by atoms with Gasteiger partial charge in [-0.2, -0.15) is 5.10 Å². The highest BCUT2D eigenvalue weighted by Gasteiger charge is 2.33. The summed E-state index contributed by atoms with van der Waals surface area (Å²) in [6.07, 6.45) is 12.0. The predicted octanol–water partition coefficient (Wildman–Crippen LogP) is 7.00. The Morgan fingerprint density at radius 2 is 1.93 bits per heavy atom. The quantitative estimate of drug-likeness (QED) is 0.226. The van der Waals surface area contributed by atoms with E-state index in [1.54, 1.807) is 18.0 Å². The van der Waals surface area contributed by atoms with E-state index < -0.39 is 0 Å². The van der Waals surface area contributed by atoms with Crippen molar-refractivity contribution >= 4 is 34.7 Å². The average Bonchev–Trinajstić information content (AvgIpc) is 3.56. The van der Waals surface area contributed by atoms with Crippen molar-refractivity contribution in [1.29, 1.82) is 0 Å². The molecule has 0 aliphatic heterocycles. The first kappa shape index (κ1) is 31.6. The molecule has 1 amide bonds. The summed E-state index contributed by atoms with van der Waals surface area (Å²) in [5.74, 6) is 1.32. The molecule has 220 valence electrons. The number of Topliss-reactive ketones (excluding diaryl/α,β-unsaturated/α-hetero) is 1. The summed E-state index contributed by atoms with van der Waals surface area (Å²) in [6.45, 7) is 11.7. The molecule has 1 saturated carbocycles. The third kappa shape index (κ3) is 8.05. The number of aromatic amines is 1. The number of nitrogens with zero attached hydrogens (tertiary/aromatic N) is 4. The van der Waals surface area contributed by atoms with Crippen molar-refractivity contribution in [2.45, 2.75) is 122 Å². The summed E-state index contributed by atoms with van der Waals surface area (Å²) < 4.78 is 10.7. The Hall–Kier alpha value is -2.95. The molecule has 2 aliphatic carbocycles. The van der Waals surface area contributed by atoms with Crippen molar-refractivity contribution in [2.24, 2.45) is 0 Å². The molecule has 1 unspecified atom stereocenters. The molecule has 1 atom stereocenters. The normalized spacial score (nSPS) is 16.5. The van der Waals surface area contributed by atoms with Crippen molar-refractivity contribution in [3.05, 3.63) is 17.5 Å². The maximum atomic E-state index is 12.6. The van der Waals surface area contributed by atoms with E-state index in [2.05, 4.69) is 37.6 Å². The molecule has 3 heterocycles. The summed E-state index contributed by atoms with van der Waals surface area (Å²) in [5.41, 5.74) is 1.94. The van der Waals surface area contributed by atoms with Crippen molar-refractivity contribution in [1.82, 2.24) is 30.6 Å². The smallest absolute Gasteiger partial charge is 0.407 e. The summed E-state index contributed by atoms with van der Waals surface area (Å²) in [7, 11) is 0.